The SMILES string of the molecule is CC(c1ccc(C(F)(F)F)cc1C(F)(F)F)n1cc(NC(=O)c2ccc(-c3ccccn3)cn2)cn1. The van der Waals surface area contributed by atoms with Gasteiger partial charge >= 0.3 is 12.4 Å². The highest BCUT2D eigenvalue weighted by Crippen LogP contribution is 2.39. The fraction of sp³-hybridized carbons (Fsp3) is 0.167. The minimum Gasteiger partial charge on any atom is -0.318 e. The maximum atomic E-state index is 13.5. The van der Waals surface area contributed by atoms with E-state index in [4.69, 9.17) is 0 Å². The normalized spacial score (nSPS) is 12.9. The van der Waals surface area contributed by atoms with E-state index >= 15 is 0 Å². The van der Waals surface area contributed by atoms with E-state index in [0.29, 0.717) is 17.3 Å². The van der Waals surface area contributed by atoms with Gasteiger partial charge in [-0.1, -0.05) is 12.1 Å². The molecule has 0 bridgehead atoms. The van der Waals surface area contributed by atoms with Crippen LogP contribution in [0.1, 0.15) is 40.1 Å². The van der Waals surface area contributed by atoms with Gasteiger partial charge in [0.1, 0.15) is 5.69 Å². The third kappa shape index (κ3) is 5.37. The summed E-state index contributed by atoms with van der Waals surface area (Å²) in [5, 5.41) is 6.52. The van der Waals surface area contributed by atoms with E-state index in [1.807, 2.05) is 6.07 Å². The number of pyridine rings is 2. The second-order valence-corrected chi connectivity index (χ2v) is 7.78. The van der Waals surface area contributed by atoms with Crippen molar-refractivity contribution in [1.29, 1.82) is 0 Å². The summed E-state index contributed by atoms with van der Waals surface area (Å²) in [5.41, 5.74) is -1.59. The molecule has 1 amide bonds. The largest absolute Gasteiger partial charge is 0.416 e. The zero-order valence-corrected chi connectivity index (χ0v) is 18.5. The van der Waals surface area contributed by atoms with Gasteiger partial charge in [0.2, 0.25) is 0 Å². The first-order valence-corrected chi connectivity index (χ1v) is 10.4. The molecule has 0 spiro atoms. The second kappa shape index (κ2) is 9.44. The van der Waals surface area contributed by atoms with Gasteiger partial charge in [0, 0.05) is 24.2 Å². The van der Waals surface area contributed by atoms with Crippen molar-refractivity contribution in [2.75, 3.05) is 5.32 Å². The molecule has 0 radical (unpaired) electrons. The maximum absolute atomic E-state index is 13.5. The van der Waals surface area contributed by atoms with Gasteiger partial charge in [-0.25, -0.2) is 0 Å². The number of rotatable bonds is 5. The Balaban J connectivity index is 1.52. The van der Waals surface area contributed by atoms with Crippen LogP contribution in [0.4, 0.5) is 32.0 Å². The molecular formula is C24H17F6N5O. The molecule has 36 heavy (non-hydrogen) atoms. The van der Waals surface area contributed by atoms with Crippen LogP contribution in [0.25, 0.3) is 11.3 Å². The number of aromatic nitrogens is 4. The molecule has 4 rings (SSSR count). The summed E-state index contributed by atoms with van der Waals surface area (Å²) in [6, 6.07) is 8.89. The first-order chi connectivity index (χ1) is 16.9. The predicted molar refractivity (Wildman–Crippen MR) is 118 cm³/mol. The number of amides is 1. The van der Waals surface area contributed by atoms with Crippen molar-refractivity contribution < 1.29 is 31.1 Å². The van der Waals surface area contributed by atoms with Gasteiger partial charge in [-0.05, 0) is 48.9 Å². The van der Waals surface area contributed by atoms with Gasteiger partial charge in [-0.15, -0.1) is 0 Å². The van der Waals surface area contributed by atoms with E-state index < -0.39 is 41.0 Å². The number of alkyl halides is 6. The molecule has 0 saturated carbocycles. The Labute approximate surface area is 200 Å². The zero-order chi connectivity index (χ0) is 26.1. The van der Waals surface area contributed by atoms with Crippen molar-refractivity contribution in [2.45, 2.75) is 25.3 Å². The van der Waals surface area contributed by atoms with E-state index in [-0.39, 0.29) is 17.4 Å². The lowest BCUT2D eigenvalue weighted by molar-refractivity contribution is -0.143. The molecule has 186 valence electrons. The molecule has 0 saturated heterocycles. The summed E-state index contributed by atoms with van der Waals surface area (Å²) >= 11 is 0. The summed E-state index contributed by atoms with van der Waals surface area (Å²) < 4.78 is 80.6. The fourth-order valence-electron chi connectivity index (χ4n) is 3.51. The lowest BCUT2D eigenvalue weighted by atomic mass is 9.98. The van der Waals surface area contributed by atoms with Crippen molar-refractivity contribution in [3.05, 3.63) is 95.7 Å². The third-order valence-electron chi connectivity index (χ3n) is 5.35. The lowest BCUT2D eigenvalue weighted by Gasteiger charge is -2.20. The van der Waals surface area contributed by atoms with E-state index in [0.717, 1.165) is 10.7 Å². The standard InChI is InChI=1S/C24H17F6N5O/c1-14(18-7-6-16(23(25,26)27)10-19(18)24(28,29)30)35-13-17(12-33-35)34-22(36)21-8-5-15(11-32-21)20-4-2-3-9-31-20/h2-14H,1H3,(H,34,36). The number of benzene rings is 1. The molecular weight excluding hydrogens is 488 g/mol. The maximum Gasteiger partial charge on any atom is 0.416 e. The average Bonchev–Trinajstić information content (AvgIpc) is 3.31. The van der Waals surface area contributed by atoms with Crippen LogP contribution in [0.3, 0.4) is 0 Å². The second-order valence-electron chi connectivity index (χ2n) is 7.78. The van der Waals surface area contributed by atoms with Gasteiger partial charge in [0.05, 0.1) is 34.7 Å². The highest BCUT2D eigenvalue weighted by molar-refractivity contribution is 6.02. The van der Waals surface area contributed by atoms with Crippen molar-refractivity contribution in [3.8, 4) is 11.3 Å². The smallest absolute Gasteiger partial charge is 0.318 e. The van der Waals surface area contributed by atoms with Crippen LogP contribution in [0, 0.1) is 0 Å². The monoisotopic (exact) mass is 505 g/mol. The van der Waals surface area contributed by atoms with Crippen LogP contribution in [0.5, 0.6) is 0 Å². The number of carbonyl (C=O) groups excluding carboxylic acids is 1. The summed E-state index contributed by atoms with van der Waals surface area (Å²) in [5.74, 6) is -0.583. The molecule has 3 heterocycles. The Bertz CT molecular complexity index is 1360. The van der Waals surface area contributed by atoms with Crippen LogP contribution >= 0.6 is 0 Å². The fourth-order valence-corrected chi connectivity index (χ4v) is 3.51. The Kier molecular flexibility index (Phi) is 6.53. The van der Waals surface area contributed by atoms with Crippen LogP contribution < -0.4 is 5.32 Å². The molecule has 0 aliphatic heterocycles. The predicted octanol–water partition coefficient (Wildman–Crippen LogP) is 6.24. The van der Waals surface area contributed by atoms with Crippen molar-refractivity contribution in [1.82, 2.24) is 19.7 Å². The molecule has 0 aliphatic carbocycles. The number of hydrogen-bond donors (Lipinski definition) is 1. The Morgan fingerprint density at radius 3 is 2.33 bits per heavy atom. The van der Waals surface area contributed by atoms with Crippen molar-refractivity contribution in [2.24, 2.45) is 0 Å². The van der Waals surface area contributed by atoms with E-state index in [2.05, 4.69) is 20.4 Å². The number of nitrogens with one attached hydrogen (secondary N) is 1. The van der Waals surface area contributed by atoms with Crippen molar-refractivity contribution >= 4 is 11.6 Å². The molecule has 4 aromatic rings. The minimum absolute atomic E-state index is 0.0811. The third-order valence-corrected chi connectivity index (χ3v) is 5.35. The zero-order valence-electron chi connectivity index (χ0n) is 18.5. The van der Waals surface area contributed by atoms with Gasteiger partial charge in [0.25, 0.3) is 5.91 Å². The number of carbonyl (C=O) groups is 1. The lowest BCUT2D eigenvalue weighted by Crippen LogP contribution is -2.18. The van der Waals surface area contributed by atoms with E-state index in [9.17, 15) is 31.1 Å². The number of anilines is 1. The molecule has 1 N–H and O–H groups in total. The van der Waals surface area contributed by atoms with Crippen LogP contribution in [0.2, 0.25) is 0 Å². The van der Waals surface area contributed by atoms with Crippen LogP contribution in [-0.4, -0.2) is 25.7 Å². The topological polar surface area (TPSA) is 72.7 Å². The minimum atomic E-state index is -5.01. The molecule has 6 nitrogen and oxygen atoms in total. The Morgan fingerprint density at radius 2 is 1.72 bits per heavy atom. The molecule has 12 heteroatoms. The summed E-state index contributed by atoms with van der Waals surface area (Å²) in [6.45, 7) is 1.36. The molecule has 3 aromatic heterocycles. The van der Waals surface area contributed by atoms with E-state index in [1.165, 1.54) is 31.6 Å². The van der Waals surface area contributed by atoms with Gasteiger partial charge in [-0.2, -0.15) is 31.4 Å². The average molecular weight is 505 g/mol. The van der Waals surface area contributed by atoms with Gasteiger partial charge in [0.15, 0.2) is 0 Å². The summed E-state index contributed by atoms with van der Waals surface area (Å²) in [6.07, 6.45) is -4.34. The highest BCUT2D eigenvalue weighted by atomic mass is 19.4. The molecule has 0 aliphatic rings. The number of nitrogens with zero attached hydrogens (tertiary/aromatic N) is 4. The van der Waals surface area contributed by atoms with Crippen LogP contribution in [0.15, 0.2) is 73.3 Å². The van der Waals surface area contributed by atoms with Gasteiger partial charge in [-0.3, -0.25) is 19.4 Å². The quantitative estimate of drug-likeness (QED) is 0.326. The number of halogens is 6. The van der Waals surface area contributed by atoms with E-state index in [1.54, 1.807) is 24.4 Å². The summed E-state index contributed by atoms with van der Waals surface area (Å²) in [7, 11) is 0. The molecule has 1 atom stereocenters. The van der Waals surface area contributed by atoms with Crippen LogP contribution in [-0.2, 0) is 12.4 Å². The summed E-state index contributed by atoms with van der Waals surface area (Å²) in [4.78, 5) is 20.9. The molecule has 1 unspecified atom stereocenters. The highest BCUT2D eigenvalue weighted by Gasteiger charge is 2.39. The first kappa shape index (κ1) is 24.9. The Hall–Kier alpha value is -4.22. The first-order valence-electron chi connectivity index (χ1n) is 10.4. The molecule has 0 fully saturated rings. The molecule has 1 aromatic carbocycles. The van der Waals surface area contributed by atoms with Crippen molar-refractivity contribution in [3.63, 3.8) is 0 Å². The Morgan fingerprint density at radius 1 is 0.944 bits per heavy atom. The number of hydrogen-bond acceptors (Lipinski definition) is 4. The van der Waals surface area contributed by atoms with Gasteiger partial charge < -0.3 is 5.32 Å².